The zero-order valence-corrected chi connectivity index (χ0v) is 20.5. The molecule has 1 aliphatic heterocycles. The minimum absolute atomic E-state index is 0.167. The van der Waals surface area contributed by atoms with Crippen LogP contribution in [-0.2, 0) is 17.9 Å². The number of nitrogens with one attached hydrogen (secondary N) is 1. The summed E-state index contributed by atoms with van der Waals surface area (Å²) >= 11 is 6.41. The molecule has 8 heteroatoms. The second kappa shape index (κ2) is 8.74. The first-order chi connectivity index (χ1) is 16.8. The number of halogens is 1. The summed E-state index contributed by atoms with van der Waals surface area (Å²) in [7, 11) is 0. The van der Waals surface area contributed by atoms with Crippen molar-refractivity contribution in [3.05, 3.63) is 94.3 Å². The van der Waals surface area contributed by atoms with Crippen LogP contribution in [0.1, 0.15) is 34.1 Å². The predicted molar refractivity (Wildman–Crippen MR) is 134 cm³/mol. The molecule has 1 aliphatic rings. The Kier molecular flexibility index (Phi) is 5.73. The number of fused-ring (bicyclic) bond motifs is 1. The van der Waals surface area contributed by atoms with Gasteiger partial charge in [0.25, 0.3) is 5.91 Å². The zero-order chi connectivity index (χ0) is 24.7. The van der Waals surface area contributed by atoms with E-state index in [1.165, 1.54) is 4.90 Å². The molecule has 0 saturated heterocycles. The van der Waals surface area contributed by atoms with Crippen molar-refractivity contribution in [1.82, 2.24) is 15.1 Å². The van der Waals surface area contributed by atoms with Crippen molar-refractivity contribution in [2.45, 2.75) is 39.4 Å². The lowest BCUT2D eigenvalue weighted by Gasteiger charge is -2.43. The van der Waals surface area contributed by atoms with Gasteiger partial charge in [-0.05, 0) is 56.2 Å². The third-order valence-corrected chi connectivity index (χ3v) is 6.77. The van der Waals surface area contributed by atoms with E-state index in [9.17, 15) is 9.59 Å². The molecule has 2 aromatic heterocycles. The molecule has 5 rings (SSSR count). The van der Waals surface area contributed by atoms with Crippen LogP contribution in [0.5, 0.6) is 0 Å². The minimum atomic E-state index is -1.25. The summed E-state index contributed by atoms with van der Waals surface area (Å²) in [5, 5.41) is 8.12. The molecule has 3 heterocycles. The zero-order valence-electron chi connectivity index (χ0n) is 19.7. The van der Waals surface area contributed by atoms with Crippen molar-refractivity contribution in [2.75, 3.05) is 4.90 Å². The van der Waals surface area contributed by atoms with Gasteiger partial charge >= 0.3 is 0 Å². The highest BCUT2D eigenvalue weighted by Crippen LogP contribution is 2.36. The summed E-state index contributed by atoms with van der Waals surface area (Å²) in [5.41, 5.74) is 3.18. The van der Waals surface area contributed by atoms with Crippen molar-refractivity contribution >= 4 is 29.1 Å². The fourth-order valence-electron chi connectivity index (χ4n) is 4.45. The van der Waals surface area contributed by atoms with Gasteiger partial charge in [0.2, 0.25) is 5.91 Å². The summed E-state index contributed by atoms with van der Waals surface area (Å²) in [6.07, 6.45) is 1.55. The number of hydrogen-bond donors (Lipinski definition) is 1. The van der Waals surface area contributed by atoms with Gasteiger partial charge in [0, 0.05) is 23.3 Å². The fourth-order valence-corrected chi connectivity index (χ4v) is 4.62. The highest BCUT2D eigenvalue weighted by atomic mass is 35.5. The minimum Gasteiger partial charge on any atom is -0.463 e. The van der Waals surface area contributed by atoms with Crippen LogP contribution in [0.25, 0.3) is 11.5 Å². The van der Waals surface area contributed by atoms with E-state index >= 15 is 0 Å². The molecule has 0 fully saturated rings. The van der Waals surface area contributed by atoms with Crippen LogP contribution in [0.2, 0.25) is 5.02 Å². The molecule has 0 spiro atoms. The maximum Gasteiger partial charge on any atom is 0.277 e. The molecule has 0 radical (unpaired) electrons. The quantitative estimate of drug-likeness (QED) is 0.421. The van der Waals surface area contributed by atoms with Crippen molar-refractivity contribution < 1.29 is 14.0 Å². The molecular weight excluding hydrogens is 464 g/mol. The Morgan fingerprint density at radius 2 is 1.97 bits per heavy atom. The topological polar surface area (TPSA) is 80.4 Å². The third kappa shape index (κ3) is 4.12. The number of nitrogens with zero attached hydrogens (tertiary/aromatic N) is 3. The highest BCUT2D eigenvalue weighted by molar-refractivity contribution is 6.31. The number of aryl methyl sites for hydroxylation is 2. The molecule has 2 amide bonds. The normalized spacial score (nSPS) is 17.4. The summed E-state index contributed by atoms with van der Waals surface area (Å²) < 4.78 is 7.05. The van der Waals surface area contributed by atoms with Crippen molar-refractivity contribution in [2.24, 2.45) is 0 Å². The van der Waals surface area contributed by atoms with Crippen LogP contribution < -0.4 is 10.2 Å². The maximum absolute atomic E-state index is 13.8. The van der Waals surface area contributed by atoms with Crippen LogP contribution in [-0.4, -0.2) is 27.1 Å². The van der Waals surface area contributed by atoms with Gasteiger partial charge in [-0.1, -0.05) is 47.5 Å². The lowest BCUT2D eigenvalue weighted by molar-refractivity contribution is -0.126. The lowest BCUT2D eigenvalue weighted by Crippen LogP contribution is -2.64. The van der Waals surface area contributed by atoms with E-state index in [0.29, 0.717) is 34.4 Å². The first-order valence-electron chi connectivity index (χ1n) is 11.3. The Balaban J connectivity index is 1.55. The standard InChI is InChI=1S/C27H25ClN4O3/c1-17-6-4-7-19(12-17)15-29-26(34)27(3)16-31-23(14-22(30-31)24-8-5-11-35-24)25(33)32(27)20-10-9-18(2)21(28)13-20/h4-14H,15-16H2,1-3H3,(H,29,34)/t27-/m1/s1. The number of carbonyl (C=O) groups is 2. The Bertz CT molecular complexity index is 1430. The second-order valence-corrected chi connectivity index (χ2v) is 9.48. The number of amides is 2. The molecule has 0 bridgehead atoms. The van der Waals surface area contributed by atoms with E-state index in [-0.39, 0.29) is 18.4 Å². The van der Waals surface area contributed by atoms with Gasteiger partial charge in [-0.15, -0.1) is 0 Å². The molecular formula is C27H25ClN4O3. The Morgan fingerprint density at radius 3 is 2.69 bits per heavy atom. The van der Waals surface area contributed by atoms with E-state index in [1.807, 2.05) is 50.2 Å². The summed E-state index contributed by atoms with van der Waals surface area (Å²) in [6.45, 7) is 6.16. The lowest BCUT2D eigenvalue weighted by atomic mass is 9.93. The number of hydrogen-bond acceptors (Lipinski definition) is 4. The van der Waals surface area contributed by atoms with E-state index in [1.54, 1.807) is 42.1 Å². The van der Waals surface area contributed by atoms with Gasteiger partial charge in [-0.3, -0.25) is 19.2 Å². The van der Waals surface area contributed by atoms with Crippen LogP contribution in [0.15, 0.2) is 71.3 Å². The first kappa shape index (κ1) is 22.9. The number of aromatic nitrogens is 2. The molecule has 2 aromatic carbocycles. The average molecular weight is 489 g/mol. The molecule has 0 unspecified atom stereocenters. The number of carbonyl (C=O) groups excluding carboxylic acids is 2. The largest absolute Gasteiger partial charge is 0.463 e. The number of rotatable bonds is 5. The summed E-state index contributed by atoms with van der Waals surface area (Å²) in [6, 6.07) is 18.5. The molecule has 4 aromatic rings. The van der Waals surface area contributed by atoms with Gasteiger partial charge in [-0.2, -0.15) is 5.10 Å². The summed E-state index contributed by atoms with van der Waals surface area (Å²) in [4.78, 5) is 29.1. The third-order valence-electron chi connectivity index (χ3n) is 6.37. The first-order valence-corrected chi connectivity index (χ1v) is 11.7. The molecule has 0 aliphatic carbocycles. The number of anilines is 1. The smallest absolute Gasteiger partial charge is 0.277 e. The van der Waals surface area contributed by atoms with Crippen LogP contribution >= 0.6 is 11.6 Å². The predicted octanol–water partition coefficient (Wildman–Crippen LogP) is 5.15. The van der Waals surface area contributed by atoms with Gasteiger partial charge < -0.3 is 9.73 Å². The Hall–Kier alpha value is -3.84. The van der Waals surface area contributed by atoms with E-state index in [0.717, 1.165) is 16.7 Å². The van der Waals surface area contributed by atoms with Crippen molar-refractivity contribution in [3.63, 3.8) is 0 Å². The van der Waals surface area contributed by atoms with Crippen LogP contribution in [0.4, 0.5) is 5.69 Å². The van der Waals surface area contributed by atoms with Gasteiger partial charge in [0.05, 0.1) is 12.8 Å². The molecule has 1 N–H and O–H groups in total. The Morgan fingerprint density at radius 1 is 1.14 bits per heavy atom. The number of benzene rings is 2. The van der Waals surface area contributed by atoms with Gasteiger partial charge in [0.1, 0.15) is 16.9 Å². The Labute approximate surface area is 208 Å². The highest BCUT2D eigenvalue weighted by Gasteiger charge is 2.49. The molecule has 1 atom stereocenters. The van der Waals surface area contributed by atoms with Crippen molar-refractivity contribution in [3.8, 4) is 11.5 Å². The molecule has 0 saturated carbocycles. The fraction of sp³-hybridized carbons (Fsp3) is 0.222. The second-order valence-electron chi connectivity index (χ2n) is 9.07. The SMILES string of the molecule is Cc1cccc(CNC(=O)[C@@]2(C)Cn3nc(-c4ccco4)cc3C(=O)N2c2ccc(C)c(Cl)c2)c1. The van der Waals surface area contributed by atoms with Gasteiger partial charge in [-0.25, -0.2) is 0 Å². The van der Waals surface area contributed by atoms with Crippen LogP contribution in [0.3, 0.4) is 0 Å². The van der Waals surface area contributed by atoms with E-state index in [4.69, 9.17) is 16.0 Å². The summed E-state index contributed by atoms with van der Waals surface area (Å²) in [5.74, 6) is -0.0744. The van der Waals surface area contributed by atoms with E-state index in [2.05, 4.69) is 10.4 Å². The van der Waals surface area contributed by atoms with Crippen molar-refractivity contribution in [1.29, 1.82) is 0 Å². The number of furan rings is 1. The maximum atomic E-state index is 13.8. The van der Waals surface area contributed by atoms with Crippen LogP contribution in [0, 0.1) is 13.8 Å². The molecule has 178 valence electrons. The average Bonchev–Trinajstić information content (AvgIpc) is 3.50. The molecule has 7 nitrogen and oxygen atoms in total. The molecule has 35 heavy (non-hydrogen) atoms. The van der Waals surface area contributed by atoms with E-state index < -0.39 is 5.54 Å². The monoisotopic (exact) mass is 488 g/mol. The van der Waals surface area contributed by atoms with Gasteiger partial charge in [0.15, 0.2) is 5.76 Å².